The molecule has 0 radical (unpaired) electrons. The van der Waals surface area contributed by atoms with Gasteiger partial charge in [0.15, 0.2) is 0 Å². The molecule has 1 aliphatic carbocycles. The van der Waals surface area contributed by atoms with Crippen LogP contribution in [0.3, 0.4) is 0 Å². The van der Waals surface area contributed by atoms with Gasteiger partial charge in [-0.05, 0) is 89.4 Å². The molecule has 0 aliphatic heterocycles. The van der Waals surface area contributed by atoms with Crippen LogP contribution in [0.1, 0.15) is 47.0 Å². The van der Waals surface area contributed by atoms with E-state index in [-0.39, 0.29) is 17.8 Å². The molecule has 0 amide bonds. The molecule has 1 fully saturated rings. The Bertz CT molecular complexity index is 1190. The molecule has 10 heteroatoms. The van der Waals surface area contributed by atoms with Crippen LogP contribution >= 0.6 is 19.2 Å². The Labute approximate surface area is 217 Å². The predicted molar refractivity (Wildman–Crippen MR) is 142 cm³/mol. The first kappa shape index (κ1) is 26.7. The number of nitrogens with one attached hydrogen (secondary N) is 1. The molecule has 8 nitrogen and oxygen atoms in total. The zero-order chi connectivity index (χ0) is 25.7. The van der Waals surface area contributed by atoms with Gasteiger partial charge in [-0.2, -0.15) is 4.98 Å². The second-order valence-corrected chi connectivity index (χ2v) is 11.7. The average molecular weight is 534 g/mol. The van der Waals surface area contributed by atoms with Crippen LogP contribution < -0.4 is 10.1 Å². The zero-order valence-corrected chi connectivity index (χ0v) is 22.7. The number of hydrogen-bond donors (Lipinski definition) is 1. The van der Waals surface area contributed by atoms with Gasteiger partial charge < -0.3 is 23.6 Å². The first-order valence-corrected chi connectivity index (χ1v) is 14.4. The van der Waals surface area contributed by atoms with E-state index in [4.69, 9.17) is 29.9 Å². The highest BCUT2D eigenvalue weighted by atomic mass is 35.5. The highest BCUT2D eigenvalue weighted by molar-refractivity contribution is 7.54. The largest absolute Gasteiger partial charge is 0.489 e. The van der Waals surface area contributed by atoms with Crippen molar-refractivity contribution in [1.29, 1.82) is 0 Å². The van der Waals surface area contributed by atoms with Gasteiger partial charge in [0.2, 0.25) is 5.82 Å². The summed E-state index contributed by atoms with van der Waals surface area (Å²) in [4.78, 5) is 4.53. The molecule has 0 spiro atoms. The van der Waals surface area contributed by atoms with Crippen LogP contribution in [-0.4, -0.2) is 41.2 Å². The molecule has 2 atom stereocenters. The summed E-state index contributed by atoms with van der Waals surface area (Å²) in [6.07, 6.45) is 2.50. The molecule has 0 saturated heterocycles. The Hall–Kier alpha value is -2.38. The third-order valence-corrected chi connectivity index (χ3v) is 8.85. The molecule has 4 rings (SSSR count). The fourth-order valence-electron chi connectivity index (χ4n) is 4.38. The van der Waals surface area contributed by atoms with Crippen molar-refractivity contribution in [2.24, 2.45) is 0 Å². The number of ether oxygens (including phenoxy) is 1. The summed E-state index contributed by atoms with van der Waals surface area (Å²) >= 11 is 6.35. The van der Waals surface area contributed by atoms with E-state index in [1.165, 1.54) is 0 Å². The molecule has 3 aromatic rings. The van der Waals surface area contributed by atoms with Crippen molar-refractivity contribution < 1.29 is 22.9 Å². The van der Waals surface area contributed by atoms with Gasteiger partial charge in [0.25, 0.3) is 5.89 Å². The average Bonchev–Trinajstić information content (AvgIpc) is 3.52. The predicted octanol–water partition coefficient (Wildman–Crippen LogP) is 7.44. The van der Waals surface area contributed by atoms with E-state index in [0.717, 1.165) is 36.1 Å². The standard InChI is InChI=1S/C26H33ClN3O5P/c1-5-32-36(31,33-6-2)22-13-12-21(16-22)28-20-10-7-18(8-11-20)26-29-25(30-35-26)19-9-14-24(23(27)15-19)34-17(3)4/h7-11,14-15,17,21-22,28H,5-6,12-13,16H2,1-4H3/t21-,22-/m0/s1. The number of nitrogens with zero attached hydrogens (tertiary/aromatic N) is 2. The van der Waals surface area contributed by atoms with E-state index in [0.29, 0.717) is 35.7 Å². The zero-order valence-electron chi connectivity index (χ0n) is 21.1. The summed E-state index contributed by atoms with van der Waals surface area (Å²) in [7, 11) is -3.08. The highest BCUT2D eigenvalue weighted by Crippen LogP contribution is 2.58. The van der Waals surface area contributed by atoms with Gasteiger partial charge in [-0.3, -0.25) is 4.57 Å². The monoisotopic (exact) mass is 533 g/mol. The Morgan fingerprint density at radius 2 is 1.78 bits per heavy atom. The minimum Gasteiger partial charge on any atom is -0.489 e. The second-order valence-electron chi connectivity index (χ2n) is 9.00. The van der Waals surface area contributed by atoms with Gasteiger partial charge >= 0.3 is 7.60 Å². The normalized spacial score (nSPS) is 18.1. The van der Waals surface area contributed by atoms with Gasteiger partial charge in [-0.1, -0.05) is 16.8 Å². The molecule has 1 aromatic heterocycles. The molecule has 36 heavy (non-hydrogen) atoms. The summed E-state index contributed by atoms with van der Waals surface area (Å²) in [5, 5.41) is 8.14. The SMILES string of the molecule is CCOP(=O)(OCC)[C@H]1CC[C@H](Nc2ccc(-c3nc(-c4ccc(OC(C)C)c(Cl)c4)no3)cc2)C1. The smallest absolute Gasteiger partial charge is 0.333 e. The van der Waals surface area contributed by atoms with Crippen molar-refractivity contribution in [2.75, 3.05) is 18.5 Å². The summed E-state index contributed by atoms with van der Waals surface area (Å²) in [6, 6.07) is 13.5. The number of benzene rings is 2. The lowest BCUT2D eigenvalue weighted by Crippen LogP contribution is -2.17. The Kier molecular flexibility index (Phi) is 8.73. The van der Waals surface area contributed by atoms with E-state index < -0.39 is 7.60 Å². The van der Waals surface area contributed by atoms with Crippen LogP contribution in [0.5, 0.6) is 5.75 Å². The van der Waals surface area contributed by atoms with Gasteiger partial charge in [-0.15, -0.1) is 0 Å². The van der Waals surface area contributed by atoms with Gasteiger partial charge in [0, 0.05) is 22.9 Å². The van der Waals surface area contributed by atoms with Crippen molar-refractivity contribution in [1.82, 2.24) is 10.1 Å². The third kappa shape index (κ3) is 6.30. The minimum atomic E-state index is -3.08. The molecule has 2 aromatic carbocycles. The van der Waals surface area contributed by atoms with E-state index in [1.807, 2.05) is 64.1 Å². The summed E-state index contributed by atoms with van der Waals surface area (Å²) in [6.45, 7) is 8.36. The quantitative estimate of drug-likeness (QED) is 0.254. The molecule has 1 heterocycles. The Morgan fingerprint density at radius 3 is 2.42 bits per heavy atom. The van der Waals surface area contributed by atoms with E-state index in [9.17, 15) is 4.57 Å². The third-order valence-electron chi connectivity index (χ3n) is 5.95. The van der Waals surface area contributed by atoms with Crippen LogP contribution in [0.4, 0.5) is 5.69 Å². The summed E-state index contributed by atoms with van der Waals surface area (Å²) < 4.78 is 35.4. The van der Waals surface area contributed by atoms with Crippen molar-refractivity contribution >= 4 is 24.9 Å². The van der Waals surface area contributed by atoms with Crippen molar-refractivity contribution in [3.8, 4) is 28.6 Å². The lowest BCUT2D eigenvalue weighted by molar-refractivity contribution is 0.212. The van der Waals surface area contributed by atoms with Crippen LogP contribution in [0.2, 0.25) is 5.02 Å². The van der Waals surface area contributed by atoms with E-state index in [1.54, 1.807) is 6.07 Å². The molecule has 194 valence electrons. The maximum Gasteiger partial charge on any atom is 0.333 e. The molecule has 0 unspecified atom stereocenters. The Morgan fingerprint density at radius 1 is 1.08 bits per heavy atom. The molecule has 0 bridgehead atoms. The molecule has 1 aliphatic rings. The topological polar surface area (TPSA) is 95.7 Å². The van der Waals surface area contributed by atoms with Crippen LogP contribution in [0.25, 0.3) is 22.8 Å². The lowest BCUT2D eigenvalue weighted by atomic mass is 10.1. The number of halogens is 1. The molecular weight excluding hydrogens is 501 g/mol. The van der Waals surface area contributed by atoms with Crippen molar-refractivity contribution in [2.45, 2.75) is 64.8 Å². The fraction of sp³-hybridized carbons (Fsp3) is 0.462. The van der Waals surface area contributed by atoms with E-state index in [2.05, 4.69) is 15.5 Å². The van der Waals surface area contributed by atoms with Gasteiger partial charge in [0.05, 0.1) is 30.0 Å². The summed E-state index contributed by atoms with van der Waals surface area (Å²) in [5.41, 5.74) is 2.45. The number of aromatic nitrogens is 2. The van der Waals surface area contributed by atoms with Crippen LogP contribution in [-0.2, 0) is 13.6 Å². The van der Waals surface area contributed by atoms with Gasteiger partial charge in [-0.25, -0.2) is 0 Å². The van der Waals surface area contributed by atoms with Crippen LogP contribution in [0, 0.1) is 0 Å². The first-order valence-electron chi connectivity index (χ1n) is 12.4. The minimum absolute atomic E-state index is 0.0320. The van der Waals surface area contributed by atoms with Crippen molar-refractivity contribution in [3.63, 3.8) is 0 Å². The lowest BCUT2D eigenvalue weighted by Gasteiger charge is -2.23. The fourth-order valence-corrected chi connectivity index (χ4v) is 6.80. The number of anilines is 1. The molecular formula is C26H33ClN3O5P. The van der Waals surface area contributed by atoms with E-state index >= 15 is 0 Å². The Balaban J connectivity index is 1.39. The summed E-state index contributed by atoms with van der Waals surface area (Å²) in [5.74, 6) is 1.50. The second kappa shape index (κ2) is 11.8. The first-order chi connectivity index (χ1) is 17.3. The number of rotatable bonds is 11. The maximum absolute atomic E-state index is 13.1. The molecule has 1 saturated carbocycles. The number of hydrogen-bond acceptors (Lipinski definition) is 8. The van der Waals surface area contributed by atoms with Gasteiger partial charge in [0.1, 0.15) is 5.75 Å². The maximum atomic E-state index is 13.1. The van der Waals surface area contributed by atoms with Crippen LogP contribution in [0.15, 0.2) is 47.0 Å². The highest BCUT2D eigenvalue weighted by Gasteiger charge is 2.40. The molecule has 1 N–H and O–H groups in total. The van der Waals surface area contributed by atoms with Crippen molar-refractivity contribution in [3.05, 3.63) is 47.5 Å².